The lowest BCUT2D eigenvalue weighted by Gasteiger charge is -2.09. The second-order valence-electron chi connectivity index (χ2n) is 5.06. The van der Waals surface area contributed by atoms with Gasteiger partial charge in [0, 0.05) is 10.7 Å². The Labute approximate surface area is 149 Å². The van der Waals surface area contributed by atoms with Crippen LogP contribution in [0.5, 0.6) is 0 Å². The minimum atomic E-state index is -3.56. The molecule has 24 heavy (non-hydrogen) atoms. The summed E-state index contributed by atoms with van der Waals surface area (Å²) in [6.07, 6.45) is 1.46. The van der Waals surface area contributed by atoms with Crippen molar-refractivity contribution in [1.82, 2.24) is 4.98 Å². The number of benzene rings is 1. The van der Waals surface area contributed by atoms with Crippen molar-refractivity contribution in [3.63, 3.8) is 0 Å². The summed E-state index contributed by atoms with van der Waals surface area (Å²) in [5.41, 5.74) is 2.20. The number of hydrogen-bond donors (Lipinski definition) is 2. The van der Waals surface area contributed by atoms with Gasteiger partial charge in [0.2, 0.25) is 0 Å². The number of nitrogens with zero attached hydrogens (tertiary/aromatic N) is 1. The Balaban J connectivity index is 1.72. The molecule has 2 aromatic heterocycles. The van der Waals surface area contributed by atoms with Gasteiger partial charge in [-0.25, -0.2) is 13.4 Å². The second-order valence-corrected chi connectivity index (χ2v) is 8.32. The Bertz CT molecular complexity index is 940. The van der Waals surface area contributed by atoms with E-state index in [0.29, 0.717) is 16.5 Å². The van der Waals surface area contributed by atoms with Crippen LogP contribution in [0.1, 0.15) is 5.56 Å². The van der Waals surface area contributed by atoms with Gasteiger partial charge in [-0.05, 0) is 48.2 Å². The fourth-order valence-electron chi connectivity index (χ4n) is 1.97. The molecule has 0 spiro atoms. The number of aryl methyl sites for hydroxylation is 1. The van der Waals surface area contributed by atoms with Gasteiger partial charge in [-0.15, -0.1) is 11.3 Å². The maximum Gasteiger partial charge on any atom is 0.271 e. The van der Waals surface area contributed by atoms with Crippen molar-refractivity contribution in [3.05, 3.63) is 64.6 Å². The van der Waals surface area contributed by atoms with Crippen molar-refractivity contribution in [2.75, 3.05) is 10.0 Å². The van der Waals surface area contributed by atoms with Crippen LogP contribution in [0.15, 0.2) is 58.3 Å². The normalized spacial score (nSPS) is 11.2. The lowest BCUT2D eigenvalue weighted by Crippen LogP contribution is -2.11. The average Bonchev–Trinajstić information content (AvgIpc) is 3.08. The van der Waals surface area contributed by atoms with Crippen molar-refractivity contribution >= 4 is 50.2 Å². The molecule has 8 heteroatoms. The molecule has 0 saturated carbocycles. The summed E-state index contributed by atoms with van der Waals surface area (Å²) < 4.78 is 27.1. The Morgan fingerprint density at radius 3 is 2.54 bits per heavy atom. The van der Waals surface area contributed by atoms with Crippen molar-refractivity contribution in [1.29, 1.82) is 0 Å². The Kier molecular flexibility index (Phi) is 4.75. The molecule has 0 aliphatic carbocycles. The molecule has 0 bridgehead atoms. The molecule has 3 aromatic rings. The first kappa shape index (κ1) is 16.8. The van der Waals surface area contributed by atoms with E-state index in [1.807, 2.05) is 25.1 Å². The highest BCUT2D eigenvalue weighted by atomic mass is 35.5. The van der Waals surface area contributed by atoms with Crippen LogP contribution in [0.4, 0.5) is 17.2 Å². The summed E-state index contributed by atoms with van der Waals surface area (Å²) in [6, 6.07) is 12.2. The molecule has 1 aromatic carbocycles. The lowest BCUT2D eigenvalue weighted by molar-refractivity contribution is 0.603. The van der Waals surface area contributed by atoms with Gasteiger partial charge in [-0.3, -0.25) is 4.72 Å². The monoisotopic (exact) mass is 379 g/mol. The van der Waals surface area contributed by atoms with Gasteiger partial charge in [0.25, 0.3) is 10.0 Å². The highest BCUT2D eigenvalue weighted by Gasteiger charge is 2.15. The van der Waals surface area contributed by atoms with Crippen LogP contribution in [-0.4, -0.2) is 13.4 Å². The van der Waals surface area contributed by atoms with Crippen molar-refractivity contribution in [2.45, 2.75) is 11.1 Å². The van der Waals surface area contributed by atoms with Crippen LogP contribution in [0.3, 0.4) is 0 Å². The van der Waals surface area contributed by atoms with Gasteiger partial charge < -0.3 is 5.32 Å². The van der Waals surface area contributed by atoms with Crippen molar-refractivity contribution in [3.8, 4) is 0 Å². The standard InChI is InChI=1S/C16H14ClN3O2S2/c1-11-4-5-12(9-14(11)17)19-15-7-6-13(10-18-15)20-24(21,22)16-3-2-8-23-16/h2-10,20H,1H3,(H,18,19). The molecule has 0 aliphatic heterocycles. The van der Waals surface area contributed by atoms with Crippen LogP contribution in [0.25, 0.3) is 0 Å². The number of halogens is 1. The fourth-order valence-corrected chi connectivity index (χ4v) is 4.19. The molecule has 0 radical (unpaired) electrons. The molecule has 3 rings (SSSR count). The molecule has 2 heterocycles. The van der Waals surface area contributed by atoms with Gasteiger partial charge in [0.1, 0.15) is 10.0 Å². The average molecular weight is 380 g/mol. The van der Waals surface area contributed by atoms with E-state index in [1.54, 1.807) is 29.6 Å². The number of nitrogens with one attached hydrogen (secondary N) is 2. The minimum absolute atomic E-state index is 0.263. The molecule has 0 atom stereocenters. The summed E-state index contributed by atoms with van der Waals surface area (Å²) in [4.78, 5) is 4.21. The Hall–Kier alpha value is -2.09. The van der Waals surface area contributed by atoms with E-state index >= 15 is 0 Å². The van der Waals surface area contributed by atoms with E-state index in [1.165, 1.54) is 6.20 Å². The number of rotatable bonds is 5. The van der Waals surface area contributed by atoms with E-state index in [0.717, 1.165) is 22.6 Å². The highest BCUT2D eigenvalue weighted by molar-refractivity contribution is 7.94. The number of hydrogen-bond acceptors (Lipinski definition) is 5. The van der Waals surface area contributed by atoms with E-state index in [2.05, 4.69) is 15.0 Å². The quantitative estimate of drug-likeness (QED) is 0.676. The first-order valence-electron chi connectivity index (χ1n) is 6.99. The molecule has 0 aliphatic rings. The molecule has 124 valence electrons. The lowest BCUT2D eigenvalue weighted by atomic mass is 10.2. The molecule has 0 fully saturated rings. The van der Waals surface area contributed by atoms with Crippen LogP contribution < -0.4 is 10.0 Å². The second kappa shape index (κ2) is 6.80. The number of sulfonamides is 1. The van der Waals surface area contributed by atoms with E-state index < -0.39 is 10.0 Å². The number of pyridine rings is 1. The van der Waals surface area contributed by atoms with E-state index in [-0.39, 0.29) is 4.21 Å². The third-order valence-electron chi connectivity index (χ3n) is 3.22. The van der Waals surface area contributed by atoms with Crippen LogP contribution in [0.2, 0.25) is 5.02 Å². The van der Waals surface area contributed by atoms with Crippen LogP contribution >= 0.6 is 22.9 Å². The van der Waals surface area contributed by atoms with Crippen LogP contribution in [-0.2, 0) is 10.0 Å². The zero-order chi connectivity index (χ0) is 17.2. The van der Waals surface area contributed by atoms with Crippen molar-refractivity contribution < 1.29 is 8.42 Å². The summed E-state index contributed by atoms with van der Waals surface area (Å²) in [7, 11) is -3.56. The van der Waals surface area contributed by atoms with Crippen LogP contribution in [0, 0.1) is 6.92 Å². The van der Waals surface area contributed by atoms with E-state index in [9.17, 15) is 8.42 Å². The van der Waals surface area contributed by atoms with Gasteiger partial charge in [-0.1, -0.05) is 23.7 Å². The molecule has 2 N–H and O–H groups in total. The van der Waals surface area contributed by atoms with E-state index in [4.69, 9.17) is 11.6 Å². The number of aromatic nitrogens is 1. The molecule has 0 saturated heterocycles. The first-order chi connectivity index (χ1) is 11.4. The predicted molar refractivity (Wildman–Crippen MR) is 98.8 cm³/mol. The summed E-state index contributed by atoms with van der Waals surface area (Å²) in [5.74, 6) is 0.592. The topological polar surface area (TPSA) is 71.1 Å². The first-order valence-corrected chi connectivity index (χ1v) is 9.74. The SMILES string of the molecule is Cc1ccc(Nc2ccc(NS(=O)(=O)c3cccs3)cn2)cc1Cl. The Morgan fingerprint density at radius 1 is 1.12 bits per heavy atom. The zero-order valence-electron chi connectivity index (χ0n) is 12.7. The van der Waals surface area contributed by atoms with Gasteiger partial charge in [-0.2, -0.15) is 0 Å². The van der Waals surface area contributed by atoms with Gasteiger partial charge >= 0.3 is 0 Å². The Morgan fingerprint density at radius 2 is 1.92 bits per heavy atom. The molecule has 0 unspecified atom stereocenters. The highest BCUT2D eigenvalue weighted by Crippen LogP contribution is 2.24. The molecular weight excluding hydrogens is 366 g/mol. The third kappa shape index (κ3) is 3.87. The van der Waals surface area contributed by atoms with Gasteiger partial charge in [0.05, 0.1) is 11.9 Å². The number of thiophene rings is 1. The molecule has 0 amide bonds. The molecular formula is C16H14ClN3O2S2. The fraction of sp³-hybridized carbons (Fsp3) is 0.0625. The van der Waals surface area contributed by atoms with Gasteiger partial charge in [0.15, 0.2) is 0 Å². The summed E-state index contributed by atoms with van der Waals surface area (Å²) in [5, 5.41) is 5.50. The smallest absolute Gasteiger partial charge is 0.271 e. The zero-order valence-corrected chi connectivity index (χ0v) is 15.0. The summed E-state index contributed by atoms with van der Waals surface area (Å²) in [6.45, 7) is 1.93. The third-order valence-corrected chi connectivity index (χ3v) is 6.41. The maximum absolute atomic E-state index is 12.1. The minimum Gasteiger partial charge on any atom is -0.340 e. The maximum atomic E-state index is 12.1. The predicted octanol–water partition coefficient (Wildman–Crippen LogP) is 4.65. The summed E-state index contributed by atoms with van der Waals surface area (Å²) >= 11 is 7.25. The largest absolute Gasteiger partial charge is 0.340 e. The van der Waals surface area contributed by atoms with Crippen molar-refractivity contribution in [2.24, 2.45) is 0 Å². The molecule has 5 nitrogen and oxygen atoms in total. The number of anilines is 3.